The molecule has 0 bridgehead atoms. The van der Waals surface area contributed by atoms with Gasteiger partial charge >= 0.3 is 0 Å². The van der Waals surface area contributed by atoms with Crippen molar-refractivity contribution in [1.29, 1.82) is 0 Å². The summed E-state index contributed by atoms with van der Waals surface area (Å²) in [5.74, 6) is 2.08. The van der Waals surface area contributed by atoms with Gasteiger partial charge in [-0.1, -0.05) is 6.92 Å². The highest BCUT2D eigenvalue weighted by Gasteiger charge is 2.24. The molecule has 0 aliphatic heterocycles. The lowest BCUT2D eigenvalue weighted by Crippen LogP contribution is -2.42. The van der Waals surface area contributed by atoms with E-state index in [0.29, 0.717) is 24.9 Å². The Labute approximate surface area is 127 Å². The number of rotatable bonds is 9. The van der Waals surface area contributed by atoms with Gasteiger partial charge in [0.15, 0.2) is 5.82 Å². The van der Waals surface area contributed by atoms with Crippen LogP contribution < -0.4 is 10.6 Å². The number of ether oxygens (including phenoxy) is 1. The van der Waals surface area contributed by atoms with Crippen LogP contribution in [0.2, 0.25) is 0 Å². The standard InChI is InChI=1S/C15H28N4O2/c1-6-8-16-12-9-13(19-15(4,5)11(3)20)18-14(17-12)10-21-7-2/h9,11,20H,6-8,10H2,1-5H3,(H2,16,17,18,19). The number of anilines is 2. The molecule has 6 heteroatoms. The highest BCUT2D eigenvalue weighted by atomic mass is 16.5. The van der Waals surface area contributed by atoms with Crippen LogP contribution in [-0.4, -0.2) is 39.9 Å². The third-order valence-corrected chi connectivity index (χ3v) is 3.26. The van der Waals surface area contributed by atoms with Crippen LogP contribution in [0.25, 0.3) is 0 Å². The van der Waals surface area contributed by atoms with Crippen LogP contribution in [0.15, 0.2) is 6.07 Å². The highest BCUT2D eigenvalue weighted by molar-refractivity contribution is 5.49. The number of hydrogen-bond acceptors (Lipinski definition) is 6. The molecule has 1 atom stereocenters. The summed E-state index contributed by atoms with van der Waals surface area (Å²) in [6.45, 7) is 11.5. The van der Waals surface area contributed by atoms with Gasteiger partial charge in [-0.25, -0.2) is 9.97 Å². The lowest BCUT2D eigenvalue weighted by atomic mass is 9.99. The van der Waals surface area contributed by atoms with Gasteiger partial charge in [0.05, 0.1) is 11.6 Å². The van der Waals surface area contributed by atoms with E-state index in [1.54, 1.807) is 6.92 Å². The summed E-state index contributed by atoms with van der Waals surface area (Å²) in [6, 6.07) is 1.86. The minimum absolute atomic E-state index is 0.377. The Balaban J connectivity index is 2.94. The molecule has 3 N–H and O–H groups in total. The van der Waals surface area contributed by atoms with Crippen LogP contribution in [0.5, 0.6) is 0 Å². The Hall–Kier alpha value is -1.40. The number of aliphatic hydroxyl groups excluding tert-OH is 1. The van der Waals surface area contributed by atoms with E-state index >= 15 is 0 Å². The van der Waals surface area contributed by atoms with Gasteiger partial charge in [0.1, 0.15) is 18.2 Å². The first-order chi connectivity index (χ1) is 9.89. The van der Waals surface area contributed by atoms with Crippen molar-refractivity contribution >= 4 is 11.6 Å². The first-order valence-corrected chi connectivity index (χ1v) is 7.54. The predicted octanol–water partition coefficient (Wildman–Crippen LogP) is 2.41. The molecule has 1 unspecified atom stereocenters. The number of aliphatic hydroxyl groups is 1. The topological polar surface area (TPSA) is 79.3 Å². The monoisotopic (exact) mass is 296 g/mol. The van der Waals surface area contributed by atoms with E-state index in [-0.39, 0.29) is 0 Å². The Bertz CT molecular complexity index is 409. The Kier molecular flexibility index (Phi) is 6.84. The smallest absolute Gasteiger partial charge is 0.158 e. The summed E-state index contributed by atoms with van der Waals surface area (Å²) in [6.07, 6.45) is 0.516. The van der Waals surface area contributed by atoms with Gasteiger partial charge in [-0.3, -0.25) is 0 Å². The highest BCUT2D eigenvalue weighted by Crippen LogP contribution is 2.19. The van der Waals surface area contributed by atoms with Crippen molar-refractivity contribution in [2.24, 2.45) is 0 Å². The van der Waals surface area contributed by atoms with Crippen molar-refractivity contribution in [3.8, 4) is 0 Å². The maximum Gasteiger partial charge on any atom is 0.158 e. The SMILES string of the molecule is CCCNc1cc(NC(C)(C)C(C)O)nc(COCC)n1. The average molecular weight is 296 g/mol. The predicted molar refractivity (Wildman–Crippen MR) is 85.5 cm³/mol. The van der Waals surface area contributed by atoms with Crippen molar-refractivity contribution in [2.45, 2.75) is 59.3 Å². The molecule has 1 aromatic heterocycles. The van der Waals surface area contributed by atoms with Gasteiger partial charge in [-0.15, -0.1) is 0 Å². The summed E-state index contributed by atoms with van der Waals surface area (Å²) >= 11 is 0. The van der Waals surface area contributed by atoms with Crippen LogP contribution in [0.3, 0.4) is 0 Å². The zero-order chi connectivity index (χ0) is 15.9. The molecule has 0 radical (unpaired) electrons. The Morgan fingerprint density at radius 3 is 2.52 bits per heavy atom. The van der Waals surface area contributed by atoms with Gasteiger partial charge in [-0.2, -0.15) is 0 Å². The zero-order valence-electron chi connectivity index (χ0n) is 13.7. The van der Waals surface area contributed by atoms with Gasteiger partial charge in [-0.05, 0) is 34.1 Å². The molecule has 0 saturated carbocycles. The van der Waals surface area contributed by atoms with E-state index in [1.165, 1.54) is 0 Å². The number of nitrogens with one attached hydrogen (secondary N) is 2. The van der Waals surface area contributed by atoms with Crippen LogP contribution in [0, 0.1) is 0 Å². The van der Waals surface area contributed by atoms with Crippen LogP contribution in [0.4, 0.5) is 11.6 Å². The quantitative estimate of drug-likeness (QED) is 0.649. The molecule has 6 nitrogen and oxygen atoms in total. The summed E-state index contributed by atoms with van der Waals surface area (Å²) in [7, 11) is 0. The molecule has 0 amide bonds. The molecule has 0 aromatic carbocycles. The Morgan fingerprint density at radius 2 is 1.95 bits per heavy atom. The maximum atomic E-state index is 9.82. The van der Waals surface area contributed by atoms with Crippen LogP contribution >= 0.6 is 0 Å². The van der Waals surface area contributed by atoms with E-state index in [9.17, 15) is 5.11 Å². The summed E-state index contributed by atoms with van der Waals surface area (Å²) < 4.78 is 5.38. The van der Waals surface area contributed by atoms with E-state index < -0.39 is 11.6 Å². The molecule has 0 aliphatic rings. The van der Waals surface area contributed by atoms with Gasteiger partial charge in [0.2, 0.25) is 0 Å². The number of nitrogens with zero attached hydrogens (tertiary/aromatic N) is 2. The fraction of sp³-hybridized carbons (Fsp3) is 0.733. The molecule has 1 rings (SSSR count). The molecule has 0 aliphatic carbocycles. The molecule has 120 valence electrons. The summed E-state index contributed by atoms with van der Waals surface area (Å²) in [4.78, 5) is 8.88. The van der Waals surface area contributed by atoms with E-state index in [1.807, 2.05) is 26.8 Å². The molecule has 1 heterocycles. The van der Waals surface area contributed by atoms with E-state index in [4.69, 9.17) is 4.74 Å². The summed E-state index contributed by atoms with van der Waals surface area (Å²) in [5, 5.41) is 16.3. The largest absolute Gasteiger partial charge is 0.391 e. The number of aromatic nitrogens is 2. The molecule has 0 fully saturated rings. The van der Waals surface area contributed by atoms with Crippen LogP contribution in [0.1, 0.15) is 46.9 Å². The first-order valence-electron chi connectivity index (χ1n) is 7.54. The third kappa shape index (κ3) is 5.85. The third-order valence-electron chi connectivity index (χ3n) is 3.26. The lowest BCUT2D eigenvalue weighted by molar-refractivity contribution is 0.127. The molecule has 21 heavy (non-hydrogen) atoms. The van der Waals surface area contributed by atoms with Crippen molar-refractivity contribution in [3.63, 3.8) is 0 Å². The minimum Gasteiger partial charge on any atom is -0.391 e. The molecule has 0 saturated heterocycles. The Morgan fingerprint density at radius 1 is 1.29 bits per heavy atom. The minimum atomic E-state index is -0.505. The summed E-state index contributed by atoms with van der Waals surface area (Å²) in [5.41, 5.74) is -0.473. The van der Waals surface area contributed by atoms with Crippen molar-refractivity contribution in [3.05, 3.63) is 11.9 Å². The molecular formula is C15H28N4O2. The number of hydrogen-bond donors (Lipinski definition) is 3. The second-order valence-electron chi connectivity index (χ2n) is 5.64. The van der Waals surface area contributed by atoms with Gasteiger partial charge in [0, 0.05) is 19.2 Å². The molecule has 1 aromatic rings. The van der Waals surface area contributed by atoms with E-state index in [0.717, 1.165) is 18.8 Å². The second-order valence-corrected chi connectivity index (χ2v) is 5.64. The zero-order valence-corrected chi connectivity index (χ0v) is 13.7. The second kappa shape index (κ2) is 8.14. The fourth-order valence-electron chi connectivity index (χ4n) is 1.60. The van der Waals surface area contributed by atoms with Gasteiger partial charge < -0.3 is 20.5 Å². The normalized spacial score (nSPS) is 13.0. The van der Waals surface area contributed by atoms with Crippen molar-refractivity contribution < 1.29 is 9.84 Å². The van der Waals surface area contributed by atoms with Crippen molar-refractivity contribution in [2.75, 3.05) is 23.8 Å². The fourth-order valence-corrected chi connectivity index (χ4v) is 1.60. The average Bonchev–Trinajstić information content (AvgIpc) is 2.42. The van der Waals surface area contributed by atoms with Crippen LogP contribution in [-0.2, 0) is 11.3 Å². The van der Waals surface area contributed by atoms with Crippen molar-refractivity contribution in [1.82, 2.24) is 9.97 Å². The van der Waals surface area contributed by atoms with Gasteiger partial charge in [0.25, 0.3) is 0 Å². The lowest BCUT2D eigenvalue weighted by Gasteiger charge is -2.30. The maximum absolute atomic E-state index is 9.82. The molecule has 0 spiro atoms. The first kappa shape index (κ1) is 17.7. The van der Waals surface area contributed by atoms with E-state index in [2.05, 4.69) is 27.5 Å². The molecular weight excluding hydrogens is 268 g/mol.